The number of carboxylic acids is 1. The van der Waals surface area contributed by atoms with E-state index in [0.29, 0.717) is 21.9 Å². The van der Waals surface area contributed by atoms with E-state index in [9.17, 15) is 9.90 Å². The fourth-order valence-corrected chi connectivity index (χ4v) is 2.10. The highest BCUT2D eigenvalue weighted by molar-refractivity contribution is 7.99. The first-order chi connectivity index (χ1) is 8.65. The van der Waals surface area contributed by atoms with Crippen molar-refractivity contribution in [1.82, 2.24) is 10.2 Å². The molecule has 0 saturated carbocycles. The molecule has 1 heterocycles. The smallest absolute Gasteiger partial charge is 0.276 e. The van der Waals surface area contributed by atoms with E-state index in [0.717, 1.165) is 5.56 Å². The molecule has 0 atom stereocenters. The number of aromatic nitrogens is 2. The van der Waals surface area contributed by atoms with Crippen LogP contribution in [-0.2, 0) is 4.79 Å². The maximum absolute atomic E-state index is 10.2. The fraction of sp³-hybridized carbons (Fsp3) is 0.182. The van der Waals surface area contributed by atoms with Crippen molar-refractivity contribution in [2.24, 2.45) is 0 Å². The van der Waals surface area contributed by atoms with Crippen LogP contribution in [0, 0.1) is 0 Å². The number of aliphatic carboxylic acids is 1. The van der Waals surface area contributed by atoms with Crippen molar-refractivity contribution < 1.29 is 14.3 Å². The summed E-state index contributed by atoms with van der Waals surface area (Å²) in [6.07, 6.45) is -0.0560. The lowest BCUT2D eigenvalue weighted by atomic mass is 10.2. The number of carbonyl (C=O) groups is 1. The van der Waals surface area contributed by atoms with Gasteiger partial charge in [-0.1, -0.05) is 29.4 Å². The van der Waals surface area contributed by atoms with Crippen LogP contribution in [0.3, 0.4) is 0 Å². The lowest BCUT2D eigenvalue weighted by Gasteiger charge is -1.98. The summed E-state index contributed by atoms with van der Waals surface area (Å²) >= 11 is 7.03. The standard InChI is InChI=1S/C11H9ClN2O3S/c12-8-3-1-2-7(6-8)10-13-14-11(17-10)18-5-4-9(15)16/h1-3,6H,4-5H2,(H,15,16)/p-1. The third kappa shape index (κ3) is 3.48. The normalized spacial score (nSPS) is 10.5. The molecule has 2 aromatic rings. The molecule has 0 unspecified atom stereocenters. The zero-order chi connectivity index (χ0) is 13.0. The average molecular weight is 284 g/mol. The van der Waals surface area contributed by atoms with Gasteiger partial charge in [-0.2, -0.15) is 0 Å². The van der Waals surface area contributed by atoms with Gasteiger partial charge in [-0.05, 0) is 24.6 Å². The molecule has 0 spiro atoms. The molecule has 0 N–H and O–H groups in total. The van der Waals surface area contributed by atoms with Gasteiger partial charge in [0.05, 0.1) is 0 Å². The highest BCUT2D eigenvalue weighted by atomic mass is 35.5. The Kier molecular flexibility index (Phi) is 4.22. The first-order valence-electron chi connectivity index (χ1n) is 5.07. The fourth-order valence-electron chi connectivity index (χ4n) is 1.23. The third-order valence-electron chi connectivity index (χ3n) is 2.01. The highest BCUT2D eigenvalue weighted by Crippen LogP contribution is 2.25. The quantitative estimate of drug-likeness (QED) is 0.776. The molecule has 0 fully saturated rings. The minimum atomic E-state index is -1.10. The van der Waals surface area contributed by atoms with E-state index in [2.05, 4.69) is 10.2 Å². The molecule has 0 saturated heterocycles. The SMILES string of the molecule is O=C([O-])CCSc1nnc(-c2cccc(Cl)c2)o1. The van der Waals surface area contributed by atoms with Crippen LogP contribution in [0.15, 0.2) is 33.9 Å². The van der Waals surface area contributed by atoms with Crippen LogP contribution in [-0.4, -0.2) is 21.9 Å². The Hall–Kier alpha value is -1.53. The van der Waals surface area contributed by atoms with E-state index >= 15 is 0 Å². The number of thioether (sulfide) groups is 1. The van der Waals surface area contributed by atoms with Gasteiger partial charge in [0.1, 0.15) is 0 Å². The molecule has 2 rings (SSSR count). The molecule has 0 aliphatic heterocycles. The molecule has 18 heavy (non-hydrogen) atoms. The van der Waals surface area contributed by atoms with E-state index in [1.807, 2.05) is 0 Å². The first-order valence-corrected chi connectivity index (χ1v) is 6.43. The minimum absolute atomic E-state index is 0.0560. The summed E-state index contributed by atoms with van der Waals surface area (Å²) in [6, 6.07) is 7.04. The van der Waals surface area contributed by atoms with Crippen LogP contribution in [0.25, 0.3) is 11.5 Å². The van der Waals surface area contributed by atoms with Crippen molar-refractivity contribution >= 4 is 29.3 Å². The van der Waals surface area contributed by atoms with Crippen molar-refractivity contribution in [3.8, 4) is 11.5 Å². The topological polar surface area (TPSA) is 79.0 Å². The molecule has 0 amide bonds. The third-order valence-corrected chi connectivity index (χ3v) is 3.07. The molecule has 0 radical (unpaired) electrons. The molecule has 1 aromatic carbocycles. The summed E-state index contributed by atoms with van der Waals surface area (Å²) in [5.74, 6) is -0.412. The lowest BCUT2D eigenvalue weighted by Crippen LogP contribution is -2.22. The number of hydrogen-bond donors (Lipinski definition) is 0. The van der Waals surface area contributed by atoms with E-state index < -0.39 is 5.97 Å². The monoisotopic (exact) mass is 283 g/mol. The lowest BCUT2D eigenvalue weighted by molar-refractivity contribution is -0.305. The van der Waals surface area contributed by atoms with Gasteiger partial charge >= 0.3 is 0 Å². The number of carboxylic acid groups (broad SMARTS) is 1. The first kappa shape index (κ1) is 12.9. The second kappa shape index (κ2) is 5.88. The maximum atomic E-state index is 10.2. The molecule has 7 heteroatoms. The predicted octanol–water partition coefficient (Wildman–Crippen LogP) is 1.62. The van der Waals surface area contributed by atoms with Gasteiger partial charge in [0.25, 0.3) is 5.22 Å². The van der Waals surface area contributed by atoms with Crippen molar-refractivity contribution in [2.45, 2.75) is 11.6 Å². The van der Waals surface area contributed by atoms with Gasteiger partial charge in [-0.25, -0.2) is 0 Å². The molecular weight excluding hydrogens is 276 g/mol. The van der Waals surface area contributed by atoms with E-state index in [1.54, 1.807) is 24.3 Å². The number of carbonyl (C=O) groups excluding carboxylic acids is 1. The average Bonchev–Trinajstić information content (AvgIpc) is 2.77. The largest absolute Gasteiger partial charge is 0.550 e. The Morgan fingerprint density at radius 2 is 2.28 bits per heavy atom. The van der Waals surface area contributed by atoms with Gasteiger partial charge in [0.15, 0.2) is 0 Å². The number of benzene rings is 1. The van der Waals surface area contributed by atoms with Crippen LogP contribution >= 0.6 is 23.4 Å². The molecular formula is C11H8ClN2O3S-. The molecule has 5 nitrogen and oxygen atoms in total. The van der Waals surface area contributed by atoms with E-state index in [-0.39, 0.29) is 6.42 Å². The summed E-state index contributed by atoms with van der Waals surface area (Å²) in [6.45, 7) is 0. The van der Waals surface area contributed by atoms with Crippen LogP contribution in [0.4, 0.5) is 0 Å². The summed E-state index contributed by atoms with van der Waals surface area (Å²) in [5, 5.41) is 18.8. The second-order valence-corrected chi connectivity index (χ2v) is 4.84. The molecule has 1 aromatic heterocycles. The van der Waals surface area contributed by atoms with Crippen LogP contribution in [0.1, 0.15) is 6.42 Å². The van der Waals surface area contributed by atoms with Gasteiger partial charge in [-0.3, -0.25) is 0 Å². The number of nitrogens with zero attached hydrogens (tertiary/aromatic N) is 2. The zero-order valence-electron chi connectivity index (χ0n) is 9.13. The van der Waals surface area contributed by atoms with E-state index in [4.69, 9.17) is 16.0 Å². The Balaban J connectivity index is 2.04. The number of halogens is 1. The van der Waals surface area contributed by atoms with Crippen LogP contribution < -0.4 is 5.11 Å². The predicted molar refractivity (Wildman–Crippen MR) is 65.1 cm³/mol. The summed E-state index contributed by atoms with van der Waals surface area (Å²) in [4.78, 5) is 10.2. The van der Waals surface area contributed by atoms with Gasteiger partial charge in [0.2, 0.25) is 5.89 Å². The van der Waals surface area contributed by atoms with Crippen molar-refractivity contribution in [3.63, 3.8) is 0 Å². The summed E-state index contributed by atoms with van der Waals surface area (Å²) < 4.78 is 5.38. The molecule has 94 valence electrons. The van der Waals surface area contributed by atoms with Crippen LogP contribution in [0.2, 0.25) is 5.02 Å². The van der Waals surface area contributed by atoms with Gasteiger partial charge in [0, 0.05) is 22.3 Å². The molecule has 0 aliphatic rings. The van der Waals surface area contributed by atoms with Crippen molar-refractivity contribution in [1.29, 1.82) is 0 Å². The maximum Gasteiger partial charge on any atom is 0.276 e. The molecule has 0 aliphatic carbocycles. The second-order valence-electron chi connectivity index (χ2n) is 3.35. The van der Waals surface area contributed by atoms with Crippen LogP contribution in [0.5, 0.6) is 0 Å². The molecule has 0 bridgehead atoms. The Morgan fingerprint density at radius 3 is 3.00 bits per heavy atom. The number of rotatable bonds is 5. The summed E-state index contributed by atoms with van der Waals surface area (Å²) in [7, 11) is 0. The number of hydrogen-bond acceptors (Lipinski definition) is 6. The van der Waals surface area contributed by atoms with Crippen molar-refractivity contribution in [2.75, 3.05) is 5.75 Å². The summed E-state index contributed by atoms with van der Waals surface area (Å²) in [5.41, 5.74) is 0.724. The zero-order valence-corrected chi connectivity index (χ0v) is 10.7. The van der Waals surface area contributed by atoms with Gasteiger partial charge in [-0.15, -0.1) is 10.2 Å². The van der Waals surface area contributed by atoms with E-state index in [1.165, 1.54) is 11.8 Å². The highest BCUT2D eigenvalue weighted by Gasteiger charge is 2.09. The van der Waals surface area contributed by atoms with Crippen molar-refractivity contribution in [3.05, 3.63) is 29.3 Å². The Bertz CT molecular complexity index is 559. The Labute approximate surface area is 112 Å². The minimum Gasteiger partial charge on any atom is -0.550 e. The van der Waals surface area contributed by atoms with Gasteiger partial charge < -0.3 is 14.3 Å². The Morgan fingerprint density at radius 1 is 1.44 bits per heavy atom.